The Kier molecular flexibility index (Phi) is 4.37. The van der Waals surface area contributed by atoms with Gasteiger partial charge in [-0.2, -0.15) is 10.4 Å². The number of nitriles is 1. The van der Waals surface area contributed by atoms with Crippen LogP contribution in [0.3, 0.4) is 0 Å². The zero-order chi connectivity index (χ0) is 12.8. The molecule has 0 radical (unpaired) electrons. The first-order chi connectivity index (χ1) is 8.78. The van der Waals surface area contributed by atoms with Crippen LogP contribution < -0.4 is 4.74 Å². The summed E-state index contributed by atoms with van der Waals surface area (Å²) in [6, 6.07) is 9.69. The van der Waals surface area contributed by atoms with Gasteiger partial charge in [0.15, 0.2) is 0 Å². The van der Waals surface area contributed by atoms with E-state index in [0.717, 1.165) is 15.8 Å². The Balaban J connectivity index is 1.81. The fourth-order valence-electron chi connectivity index (χ4n) is 1.51. The number of rotatable bonds is 5. The van der Waals surface area contributed by atoms with Crippen molar-refractivity contribution >= 4 is 15.9 Å². The Hall–Kier alpha value is -1.80. The van der Waals surface area contributed by atoms with E-state index in [9.17, 15) is 0 Å². The highest BCUT2D eigenvalue weighted by atomic mass is 79.9. The molecule has 1 aromatic carbocycles. The van der Waals surface area contributed by atoms with Crippen LogP contribution in [0.25, 0.3) is 0 Å². The highest BCUT2D eigenvalue weighted by molar-refractivity contribution is 9.10. The van der Waals surface area contributed by atoms with Gasteiger partial charge in [0.1, 0.15) is 12.4 Å². The molecule has 0 N–H and O–H groups in total. The summed E-state index contributed by atoms with van der Waals surface area (Å²) in [6.45, 7) is 1.26. The molecule has 2 rings (SSSR count). The molecule has 0 saturated heterocycles. The fraction of sp³-hybridized carbons (Fsp3) is 0.231. The van der Waals surface area contributed by atoms with E-state index in [1.807, 2.05) is 35.1 Å². The predicted octanol–water partition coefficient (Wildman–Crippen LogP) is 2.79. The van der Waals surface area contributed by atoms with Crippen molar-refractivity contribution in [3.63, 3.8) is 0 Å². The Morgan fingerprint density at radius 1 is 1.33 bits per heavy atom. The van der Waals surface area contributed by atoms with Crippen LogP contribution in [0.15, 0.2) is 41.1 Å². The molecule has 0 bridgehead atoms. The molecule has 0 saturated carbocycles. The number of ether oxygens (including phenoxy) is 1. The summed E-state index contributed by atoms with van der Waals surface area (Å²) in [5.74, 6) is 0.808. The van der Waals surface area contributed by atoms with E-state index in [4.69, 9.17) is 10.00 Å². The Labute approximate surface area is 114 Å². The minimum atomic E-state index is 0.432. The zero-order valence-corrected chi connectivity index (χ0v) is 11.3. The third kappa shape index (κ3) is 3.60. The maximum absolute atomic E-state index is 8.56. The van der Waals surface area contributed by atoms with E-state index in [1.165, 1.54) is 0 Å². The van der Waals surface area contributed by atoms with Crippen LogP contribution in [0.4, 0.5) is 0 Å². The second-order valence-electron chi connectivity index (χ2n) is 3.75. The van der Waals surface area contributed by atoms with E-state index in [-0.39, 0.29) is 0 Å². The molecule has 2 aromatic rings. The third-order valence-electron chi connectivity index (χ3n) is 2.40. The van der Waals surface area contributed by atoms with Gasteiger partial charge in [0, 0.05) is 6.20 Å². The Morgan fingerprint density at radius 3 is 2.72 bits per heavy atom. The lowest BCUT2D eigenvalue weighted by molar-refractivity contribution is 0.291. The van der Waals surface area contributed by atoms with E-state index < -0.39 is 0 Å². The number of halogens is 1. The van der Waals surface area contributed by atoms with Crippen LogP contribution in [0.2, 0.25) is 0 Å². The molecular formula is C13H12BrN3O. The van der Waals surface area contributed by atoms with Gasteiger partial charge in [-0.1, -0.05) is 12.1 Å². The SMILES string of the molecule is N#CCc1ccc(OCCn2cc(Br)cn2)cc1. The molecule has 0 atom stereocenters. The standard InChI is InChI=1S/C13H12BrN3O/c14-12-9-16-17(10-12)7-8-18-13-3-1-11(2-4-13)5-6-15/h1-4,9-10H,5,7-8H2. The maximum Gasteiger partial charge on any atom is 0.119 e. The van der Waals surface area contributed by atoms with Crippen molar-refractivity contribution in [2.75, 3.05) is 6.61 Å². The summed E-state index contributed by atoms with van der Waals surface area (Å²) in [5, 5.41) is 12.7. The van der Waals surface area contributed by atoms with E-state index in [1.54, 1.807) is 6.20 Å². The first-order valence-electron chi connectivity index (χ1n) is 5.54. The quantitative estimate of drug-likeness (QED) is 0.853. The van der Waals surface area contributed by atoms with Gasteiger partial charge in [-0.3, -0.25) is 4.68 Å². The lowest BCUT2D eigenvalue weighted by Crippen LogP contribution is -2.08. The van der Waals surface area contributed by atoms with Crippen molar-refractivity contribution in [3.8, 4) is 11.8 Å². The van der Waals surface area contributed by atoms with Crippen molar-refractivity contribution in [2.45, 2.75) is 13.0 Å². The van der Waals surface area contributed by atoms with Gasteiger partial charge in [0.05, 0.1) is 29.7 Å². The summed E-state index contributed by atoms with van der Waals surface area (Å²) >= 11 is 3.34. The van der Waals surface area contributed by atoms with Crippen molar-refractivity contribution < 1.29 is 4.74 Å². The zero-order valence-electron chi connectivity index (χ0n) is 9.71. The monoisotopic (exact) mass is 305 g/mol. The van der Waals surface area contributed by atoms with Crippen molar-refractivity contribution in [1.82, 2.24) is 9.78 Å². The third-order valence-corrected chi connectivity index (χ3v) is 2.81. The summed E-state index contributed by atoms with van der Waals surface area (Å²) in [5.41, 5.74) is 1.00. The average Bonchev–Trinajstić information content (AvgIpc) is 2.78. The predicted molar refractivity (Wildman–Crippen MR) is 71.2 cm³/mol. The van der Waals surface area contributed by atoms with Gasteiger partial charge < -0.3 is 4.74 Å². The summed E-state index contributed by atoms with van der Waals surface area (Å²) in [7, 11) is 0. The topological polar surface area (TPSA) is 50.8 Å². The van der Waals surface area contributed by atoms with Gasteiger partial charge >= 0.3 is 0 Å². The van der Waals surface area contributed by atoms with Crippen LogP contribution in [-0.2, 0) is 13.0 Å². The first-order valence-corrected chi connectivity index (χ1v) is 6.34. The van der Waals surface area contributed by atoms with Gasteiger partial charge in [0.2, 0.25) is 0 Å². The normalized spacial score (nSPS) is 10.0. The van der Waals surface area contributed by atoms with Gasteiger partial charge in [-0.05, 0) is 33.6 Å². The molecular weight excluding hydrogens is 294 g/mol. The average molecular weight is 306 g/mol. The largest absolute Gasteiger partial charge is 0.492 e. The number of hydrogen-bond donors (Lipinski definition) is 0. The highest BCUT2D eigenvalue weighted by Gasteiger charge is 1.97. The van der Waals surface area contributed by atoms with Crippen molar-refractivity contribution in [3.05, 3.63) is 46.7 Å². The van der Waals surface area contributed by atoms with E-state index >= 15 is 0 Å². The van der Waals surface area contributed by atoms with Crippen LogP contribution in [0, 0.1) is 11.3 Å². The maximum atomic E-state index is 8.56. The van der Waals surface area contributed by atoms with Gasteiger partial charge in [-0.25, -0.2) is 0 Å². The van der Waals surface area contributed by atoms with Crippen LogP contribution in [0.5, 0.6) is 5.75 Å². The smallest absolute Gasteiger partial charge is 0.119 e. The van der Waals surface area contributed by atoms with E-state index in [0.29, 0.717) is 19.6 Å². The van der Waals surface area contributed by atoms with Crippen molar-refractivity contribution in [2.24, 2.45) is 0 Å². The highest BCUT2D eigenvalue weighted by Crippen LogP contribution is 2.12. The summed E-state index contributed by atoms with van der Waals surface area (Å²) in [6.07, 6.45) is 4.08. The molecule has 4 nitrogen and oxygen atoms in total. The second-order valence-corrected chi connectivity index (χ2v) is 4.66. The molecule has 92 valence electrons. The number of aromatic nitrogens is 2. The van der Waals surface area contributed by atoms with E-state index in [2.05, 4.69) is 27.1 Å². The molecule has 1 heterocycles. The molecule has 0 fully saturated rings. The molecule has 18 heavy (non-hydrogen) atoms. The molecule has 0 aliphatic heterocycles. The minimum Gasteiger partial charge on any atom is -0.492 e. The van der Waals surface area contributed by atoms with Gasteiger partial charge in [-0.15, -0.1) is 0 Å². The Bertz CT molecular complexity index is 542. The second kappa shape index (κ2) is 6.22. The Morgan fingerprint density at radius 2 is 2.11 bits per heavy atom. The molecule has 0 aliphatic rings. The number of nitrogens with zero attached hydrogens (tertiary/aromatic N) is 3. The lowest BCUT2D eigenvalue weighted by atomic mass is 10.2. The minimum absolute atomic E-state index is 0.432. The summed E-state index contributed by atoms with van der Waals surface area (Å²) < 4.78 is 8.37. The fourth-order valence-corrected chi connectivity index (χ4v) is 1.84. The van der Waals surface area contributed by atoms with Crippen LogP contribution >= 0.6 is 15.9 Å². The molecule has 0 unspecified atom stereocenters. The number of hydrogen-bond acceptors (Lipinski definition) is 3. The lowest BCUT2D eigenvalue weighted by Gasteiger charge is -2.06. The van der Waals surface area contributed by atoms with Crippen LogP contribution in [-0.4, -0.2) is 16.4 Å². The molecule has 0 aliphatic carbocycles. The van der Waals surface area contributed by atoms with Crippen LogP contribution in [0.1, 0.15) is 5.56 Å². The van der Waals surface area contributed by atoms with Gasteiger partial charge in [0.25, 0.3) is 0 Å². The molecule has 0 amide bonds. The first kappa shape index (κ1) is 12.7. The molecule has 0 spiro atoms. The van der Waals surface area contributed by atoms with Crippen molar-refractivity contribution in [1.29, 1.82) is 5.26 Å². The number of benzene rings is 1. The summed E-state index contributed by atoms with van der Waals surface area (Å²) in [4.78, 5) is 0. The molecule has 5 heteroatoms. The molecule has 1 aromatic heterocycles.